The first-order chi connectivity index (χ1) is 10.2. The summed E-state index contributed by atoms with van der Waals surface area (Å²) >= 11 is 5.38. The fourth-order valence-electron chi connectivity index (χ4n) is 2.30. The van der Waals surface area contributed by atoms with Crippen molar-refractivity contribution in [3.63, 3.8) is 0 Å². The molecule has 3 nitrogen and oxygen atoms in total. The van der Waals surface area contributed by atoms with Crippen LogP contribution in [-0.4, -0.2) is 31.8 Å². The van der Waals surface area contributed by atoms with Crippen molar-refractivity contribution in [2.45, 2.75) is 19.3 Å². The number of ether oxygens (including phenoxy) is 1. The average Bonchev–Trinajstić information content (AvgIpc) is 2.88. The van der Waals surface area contributed by atoms with Crippen LogP contribution >= 0.6 is 27.3 Å². The largest absolute Gasteiger partial charge is 0.383 e. The Morgan fingerprint density at radius 1 is 1.38 bits per heavy atom. The van der Waals surface area contributed by atoms with Gasteiger partial charge in [0, 0.05) is 36.0 Å². The van der Waals surface area contributed by atoms with Crippen LogP contribution in [0.2, 0.25) is 0 Å². The third-order valence-corrected chi connectivity index (χ3v) is 4.89. The molecule has 2 rings (SSSR count). The van der Waals surface area contributed by atoms with Crippen molar-refractivity contribution in [3.05, 3.63) is 50.4 Å². The number of aryl methyl sites for hydroxylation is 1. The quantitative estimate of drug-likeness (QED) is 0.720. The maximum absolute atomic E-state index is 5.09. The number of hydrogen-bond acceptors (Lipinski definition) is 4. The molecule has 1 heterocycles. The van der Waals surface area contributed by atoms with E-state index in [2.05, 4.69) is 62.8 Å². The van der Waals surface area contributed by atoms with E-state index in [1.54, 1.807) is 18.4 Å². The molecule has 1 aromatic heterocycles. The van der Waals surface area contributed by atoms with Gasteiger partial charge in [0.1, 0.15) is 0 Å². The Bertz CT molecular complexity index is 559. The van der Waals surface area contributed by atoms with Crippen LogP contribution in [0.15, 0.2) is 34.1 Å². The lowest BCUT2D eigenvalue weighted by Gasteiger charge is -2.18. The third-order valence-electron chi connectivity index (χ3n) is 3.34. The van der Waals surface area contributed by atoms with E-state index in [1.165, 1.54) is 11.3 Å². The lowest BCUT2D eigenvalue weighted by atomic mass is 9.94. The van der Waals surface area contributed by atoms with E-state index in [9.17, 15) is 0 Å². The van der Waals surface area contributed by atoms with Crippen LogP contribution in [0, 0.1) is 6.92 Å². The second kappa shape index (κ2) is 8.63. The molecular weight excluding hydrogens is 348 g/mol. The minimum Gasteiger partial charge on any atom is -0.383 e. The highest BCUT2D eigenvalue weighted by Crippen LogP contribution is 2.27. The minimum absolute atomic E-state index is 0.402. The van der Waals surface area contributed by atoms with E-state index >= 15 is 0 Å². The second-order valence-electron chi connectivity index (χ2n) is 4.98. The molecule has 0 radical (unpaired) electrons. The van der Waals surface area contributed by atoms with E-state index in [0.29, 0.717) is 5.92 Å². The Balaban J connectivity index is 2.08. The Kier molecular flexibility index (Phi) is 6.83. The molecule has 0 fully saturated rings. The smallest absolute Gasteiger partial charge is 0.0897 e. The fraction of sp³-hybridized carbons (Fsp3) is 0.438. The molecule has 1 unspecified atom stereocenters. The van der Waals surface area contributed by atoms with Crippen LogP contribution in [0.4, 0.5) is 0 Å². The lowest BCUT2D eigenvalue weighted by molar-refractivity contribution is 0.199. The van der Waals surface area contributed by atoms with Gasteiger partial charge in [-0.15, -0.1) is 11.3 Å². The number of nitrogens with zero attached hydrogens (tertiary/aromatic N) is 1. The molecule has 0 amide bonds. The van der Waals surface area contributed by atoms with Gasteiger partial charge in [-0.1, -0.05) is 34.1 Å². The van der Waals surface area contributed by atoms with Gasteiger partial charge in [-0.25, -0.2) is 4.98 Å². The maximum Gasteiger partial charge on any atom is 0.0897 e. The van der Waals surface area contributed by atoms with E-state index in [0.717, 1.165) is 35.6 Å². The highest BCUT2D eigenvalue weighted by atomic mass is 79.9. The molecule has 0 aliphatic heterocycles. The molecule has 0 aliphatic rings. The molecule has 0 bridgehead atoms. The molecule has 0 spiro atoms. The predicted molar refractivity (Wildman–Crippen MR) is 92.2 cm³/mol. The van der Waals surface area contributed by atoms with Gasteiger partial charge < -0.3 is 10.1 Å². The summed E-state index contributed by atoms with van der Waals surface area (Å²) in [6.07, 6.45) is 0.951. The van der Waals surface area contributed by atoms with Crippen molar-refractivity contribution in [2.24, 2.45) is 0 Å². The van der Waals surface area contributed by atoms with E-state index in [-0.39, 0.29) is 0 Å². The van der Waals surface area contributed by atoms with Crippen molar-refractivity contribution in [1.82, 2.24) is 10.3 Å². The van der Waals surface area contributed by atoms with Gasteiger partial charge in [-0.05, 0) is 25.0 Å². The topological polar surface area (TPSA) is 34.1 Å². The van der Waals surface area contributed by atoms with E-state index in [1.807, 2.05) is 0 Å². The Morgan fingerprint density at radius 2 is 2.19 bits per heavy atom. The number of halogens is 1. The Labute approximate surface area is 138 Å². The summed E-state index contributed by atoms with van der Waals surface area (Å²) in [6, 6.07) is 8.43. The lowest BCUT2D eigenvalue weighted by Crippen LogP contribution is -2.26. The van der Waals surface area contributed by atoms with Crippen LogP contribution in [-0.2, 0) is 11.2 Å². The normalized spacial score (nSPS) is 12.5. The van der Waals surface area contributed by atoms with Crippen molar-refractivity contribution in [3.8, 4) is 0 Å². The number of nitrogens with one attached hydrogen (secondary N) is 1. The number of rotatable bonds is 8. The summed E-state index contributed by atoms with van der Waals surface area (Å²) < 4.78 is 6.25. The average molecular weight is 369 g/mol. The maximum atomic E-state index is 5.09. The van der Waals surface area contributed by atoms with Crippen LogP contribution in [0.5, 0.6) is 0 Å². The zero-order valence-electron chi connectivity index (χ0n) is 12.4. The first kappa shape index (κ1) is 16.6. The molecule has 0 saturated carbocycles. The van der Waals surface area contributed by atoms with Crippen molar-refractivity contribution in [2.75, 3.05) is 26.8 Å². The van der Waals surface area contributed by atoms with Crippen LogP contribution in [0.3, 0.4) is 0 Å². The van der Waals surface area contributed by atoms with Crippen LogP contribution < -0.4 is 5.32 Å². The molecule has 5 heteroatoms. The van der Waals surface area contributed by atoms with Gasteiger partial charge in [0.2, 0.25) is 0 Å². The van der Waals surface area contributed by atoms with Gasteiger partial charge in [-0.2, -0.15) is 0 Å². The summed E-state index contributed by atoms with van der Waals surface area (Å²) in [5.74, 6) is 0.402. The molecular formula is C16H21BrN2OS. The number of hydrogen-bond donors (Lipinski definition) is 1. The van der Waals surface area contributed by atoms with Gasteiger partial charge >= 0.3 is 0 Å². The zero-order chi connectivity index (χ0) is 15.1. The highest BCUT2D eigenvalue weighted by Gasteiger charge is 2.16. The standard InChI is InChI=1S/C16H21BrN2OS/c1-12-19-14(11-21-12)9-13(10-18-7-8-20-2)15-5-3-4-6-16(15)17/h3-6,11,13,18H,7-10H2,1-2H3. The van der Waals surface area contributed by atoms with Crippen molar-refractivity contribution in [1.29, 1.82) is 0 Å². The van der Waals surface area contributed by atoms with Crippen molar-refractivity contribution < 1.29 is 4.74 Å². The minimum atomic E-state index is 0.402. The van der Waals surface area contributed by atoms with Crippen LogP contribution in [0.25, 0.3) is 0 Å². The Morgan fingerprint density at radius 3 is 2.86 bits per heavy atom. The zero-order valence-corrected chi connectivity index (χ0v) is 14.8. The molecule has 0 saturated heterocycles. The van der Waals surface area contributed by atoms with Gasteiger partial charge in [-0.3, -0.25) is 0 Å². The molecule has 1 aromatic carbocycles. The third kappa shape index (κ3) is 5.18. The first-order valence-corrected chi connectivity index (χ1v) is 8.73. The van der Waals surface area contributed by atoms with Gasteiger partial charge in [0.25, 0.3) is 0 Å². The van der Waals surface area contributed by atoms with Gasteiger partial charge in [0.15, 0.2) is 0 Å². The van der Waals surface area contributed by atoms with Gasteiger partial charge in [0.05, 0.1) is 17.3 Å². The number of benzene rings is 1. The SMILES string of the molecule is COCCNCC(Cc1csc(C)n1)c1ccccc1Br. The predicted octanol–water partition coefficient (Wildman–Crippen LogP) is 3.78. The fourth-order valence-corrected chi connectivity index (χ4v) is 3.54. The summed E-state index contributed by atoms with van der Waals surface area (Å²) in [7, 11) is 1.73. The number of thiazole rings is 1. The van der Waals surface area contributed by atoms with E-state index in [4.69, 9.17) is 4.74 Å². The monoisotopic (exact) mass is 368 g/mol. The summed E-state index contributed by atoms with van der Waals surface area (Å²) in [5.41, 5.74) is 2.50. The summed E-state index contributed by atoms with van der Waals surface area (Å²) in [4.78, 5) is 4.60. The molecule has 21 heavy (non-hydrogen) atoms. The molecule has 1 atom stereocenters. The second-order valence-corrected chi connectivity index (χ2v) is 6.89. The first-order valence-electron chi connectivity index (χ1n) is 7.05. The highest BCUT2D eigenvalue weighted by molar-refractivity contribution is 9.10. The number of aromatic nitrogens is 1. The van der Waals surface area contributed by atoms with Crippen molar-refractivity contribution >= 4 is 27.3 Å². The van der Waals surface area contributed by atoms with E-state index < -0.39 is 0 Å². The molecule has 1 N–H and O–H groups in total. The molecule has 2 aromatic rings. The molecule has 114 valence electrons. The van der Waals surface area contributed by atoms with Crippen LogP contribution in [0.1, 0.15) is 22.2 Å². The summed E-state index contributed by atoms with van der Waals surface area (Å²) in [6.45, 7) is 4.58. The molecule has 0 aliphatic carbocycles. The Hall–Kier alpha value is -0.750. The number of methoxy groups -OCH3 is 1. The summed E-state index contributed by atoms with van der Waals surface area (Å²) in [5, 5.41) is 6.76.